The fraction of sp³-hybridized carbons (Fsp3) is 0.250. The Kier molecular flexibility index (Phi) is 3.68. The molecule has 0 aliphatic heterocycles. The van der Waals surface area contributed by atoms with Crippen LogP contribution in [0.25, 0.3) is 10.6 Å². The monoisotopic (exact) mass is 272 g/mol. The van der Waals surface area contributed by atoms with Gasteiger partial charge in [0.1, 0.15) is 5.01 Å². The highest BCUT2D eigenvalue weighted by Crippen LogP contribution is 2.31. The Morgan fingerprint density at radius 3 is 2.44 bits per heavy atom. The molecule has 2 rings (SSSR count). The summed E-state index contributed by atoms with van der Waals surface area (Å²) in [7, 11) is 1.82. The zero-order chi connectivity index (χ0) is 13.2. The molecule has 1 N–H and O–H groups in total. The number of hydrogen-bond acceptors (Lipinski definition) is 3. The highest BCUT2D eigenvalue weighted by molar-refractivity contribution is 7.13. The fourth-order valence-corrected chi connectivity index (χ4v) is 2.33. The molecule has 1 heterocycles. The molecule has 0 aliphatic carbocycles. The Bertz CT molecular complexity index is 517. The first-order valence-corrected chi connectivity index (χ1v) is 6.15. The van der Waals surface area contributed by atoms with Gasteiger partial charge in [0.25, 0.3) is 0 Å². The molecule has 0 aliphatic rings. The molecule has 0 radical (unpaired) electrons. The number of rotatable bonds is 3. The van der Waals surface area contributed by atoms with Gasteiger partial charge in [-0.1, -0.05) is 12.1 Å². The third-order valence-corrected chi connectivity index (χ3v) is 3.31. The number of thiazole rings is 1. The molecular weight excluding hydrogens is 261 g/mol. The van der Waals surface area contributed by atoms with Crippen molar-refractivity contribution in [1.82, 2.24) is 10.3 Å². The summed E-state index contributed by atoms with van der Waals surface area (Å²) in [5.41, 5.74) is 0.950. The molecule has 0 bridgehead atoms. The van der Waals surface area contributed by atoms with Crippen molar-refractivity contribution in [1.29, 1.82) is 0 Å². The number of alkyl halides is 3. The third kappa shape index (κ3) is 2.88. The molecule has 6 heteroatoms. The molecule has 0 unspecified atom stereocenters. The lowest BCUT2D eigenvalue weighted by atomic mass is 10.1. The van der Waals surface area contributed by atoms with Crippen LogP contribution in [-0.4, -0.2) is 12.0 Å². The smallest absolute Gasteiger partial charge is 0.314 e. The van der Waals surface area contributed by atoms with Crippen molar-refractivity contribution in [3.63, 3.8) is 0 Å². The van der Waals surface area contributed by atoms with E-state index in [9.17, 15) is 13.2 Å². The van der Waals surface area contributed by atoms with Gasteiger partial charge in [0, 0.05) is 17.5 Å². The Morgan fingerprint density at radius 2 is 1.89 bits per heavy atom. The molecule has 2 nitrogen and oxygen atoms in total. The molecule has 0 atom stereocenters. The van der Waals surface area contributed by atoms with Gasteiger partial charge >= 0.3 is 6.18 Å². The summed E-state index contributed by atoms with van der Waals surface area (Å²) in [5, 5.41) is 5.60. The van der Waals surface area contributed by atoms with Crippen LogP contribution in [0.2, 0.25) is 0 Å². The zero-order valence-electron chi connectivity index (χ0n) is 9.58. The van der Waals surface area contributed by atoms with Crippen LogP contribution in [0.1, 0.15) is 11.3 Å². The van der Waals surface area contributed by atoms with Crippen LogP contribution >= 0.6 is 11.3 Å². The summed E-state index contributed by atoms with van der Waals surface area (Å²) in [6, 6.07) is 5.05. The maximum atomic E-state index is 12.4. The van der Waals surface area contributed by atoms with Gasteiger partial charge in [-0.2, -0.15) is 13.2 Å². The predicted molar refractivity (Wildman–Crippen MR) is 65.3 cm³/mol. The number of hydrogen-bond donors (Lipinski definition) is 1. The Morgan fingerprint density at radius 1 is 1.22 bits per heavy atom. The summed E-state index contributed by atoms with van der Waals surface area (Å²) >= 11 is 1.42. The highest BCUT2D eigenvalue weighted by atomic mass is 32.1. The summed E-state index contributed by atoms with van der Waals surface area (Å²) in [6.45, 7) is 0.650. The van der Waals surface area contributed by atoms with E-state index in [4.69, 9.17) is 0 Å². The maximum Gasteiger partial charge on any atom is 0.416 e. The number of nitrogens with one attached hydrogen (secondary N) is 1. The molecule has 2 aromatic rings. The van der Waals surface area contributed by atoms with Crippen LogP contribution in [0, 0.1) is 0 Å². The van der Waals surface area contributed by atoms with Crippen LogP contribution < -0.4 is 5.32 Å². The lowest BCUT2D eigenvalue weighted by Crippen LogP contribution is -2.05. The normalized spacial score (nSPS) is 11.8. The van der Waals surface area contributed by atoms with E-state index < -0.39 is 11.7 Å². The minimum atomic E-state index is -4.29. The molecule has 0 saturated carbocycles. The number of benzene rings is 1. The molecule has 96 valence electrons. The molecule has 0 spiro atoms. The highest BCUT2D eigenvalue weighted by Gasteiger charge is 2.30. The van der Waals surface area contributed by atoms with Crippen molar-refractivity contribution in [2.45, 2.75) is 12.7 Å². The van der Waals surface area contributed by atoms with Gasteiger partial charge in [-0.05, 0) is 19.2 Å². The summed E-state index contributed by atoms with van der Waals surface area (Å²) in [6.07, 6.45) is -4.29. The van der Waals surface area contributed by atoms with E-state index in [1.165, 1.54) is 23.5 Å². The van der Waals surface area contributed by atoms with Gasteiger partial charge in [0.15, 0.2) is 0 Å². The molecule has 1 aromatic carbocycles. The second kappa shape index (κ2) is 5.07. The quantitative estimate of drug-likeness (QED) is 0.924. The predicted octanol–water partition coefficient (Wildman–Crippen LogP) is 3.55. The molecule has 0 fully saturated rings. The topological polar surface area (TPSA) is 24.9 Å². The molecule has 18 heavy (non-hydrogen) atoms. The van der Waals surface area contributed by atoms with E-state index >= 15 is 0 Å². The molecule has 0 amide bonds. The van der Waals surface area contributed by atoms with Gasteiger partial charge < -0.3 is 5.32 Å². The standard InChI is InChI=1S/C12H11F3N2S/c1-16-6-10-7-18-11(17-10)8-2-4-9(5-3-8)12(13,14)15/h2-5,7,16H,6H2,1H3. The first-order chi connectivity index (χ1) is 8.50. The largest absolute Gasteiger partial charge is 0.416 e. The minimum absolute atomic E-state index is 0.641. The van der Waals surface area contributed by atoms with Crippen molar-refractivity contribution in [3.05, 3.63) is 40.9 Å². The van der Waals surface area contributed by atoms with Gasteiger partial charge in [0.2, 0.25) is 0 Å². The Labute approximate surface area is 106 Å². The van der Waals surface area contributed by atoms with Crippen molar-refractivity contribution in [2.75, 3.05) is 7.05 Å². The summed E-state index contributed by atoms with van der Waals surface area (Å²) in [5.74, 6) is 0. The second-order valence-electron chi connectivity index (χ2n) is 3.75. The number of nitrogens with zero attached hydrogens (tertiary/aromatic N) is 1. The Hall–Kier alpha value is -1.40. The summed E-state index contributed by atoms with van der Waals surface area (Å²) < 4.78 is 37.2. The summed E-state index contributed by atoms with van der Waals surface area (Å²) in [4.78, 5) is 4.34. The fourth-order valence-electron chi connectivity index (χ4n) is 1.50. The van der Waals surface area contributed by atoms with Crippen molar-refractivity contribution in [3.8, 4) is 10.6 Å². The van der Waals surface area contributed by atoms with Crippen LogP contribution in [0.5, 0.6) is 0 Å². The van der Waals surface area contributed by atoms with Gasteiger partial charge in [0.05, 0.1) is 11.3 Å². The van der Waals surface area contributed by atoms with Crippen LogP contribution in [-0.2, 0) is 12.7 Å². The van der Waals surface area contributed by atoms with Gasteiger partial charge in [-0.3, -0.25) is 0 Å². The number of aromatic nitrogens is 1. The van der Waals surface area contributed by atoms with Gasteiger partial charge in [-0.25, -0.2) is 4.98 Å². The van der Waals surface area contributed by atoms with Crippen LogP contribution in [0.3, 0.4) is 0 Å². The second-order valence-corrected chi connectivity index (χ2v) is 4.61. The SMILES string of the molecule is CNCc1csc(-c2ccc(C(F)(F)F)cc2)n1. The number of halogens is 3. The lowest BCUT2D eigenvalue weighted by Gasteiger charge is -2.06. The van der Waals surface area contributed by atoms with Crippen LogP contribution in [0.15, 0.2) is 29.6 Å². The van der Waals surface area contributed by atoms with Crippen molar-refractivity contribution < 1.29 is 13.2 Å². The first-order valence-electron chi connectivity index (χ1n) is 5.27. The van der Waals surface area contributed by atoms with E-state index in [0.29, 0.717) is 12.1 Å². The molecule has 0 saturated heterocycles. The average Bonchev–Trinajstić information content (AvgIpc) is 2.77. The van der Waals surface area contributed by atoms with E-state index in [-0.39, 0.29) is 0 Å². The van der Waals surface area contributed by atoms with E-state index in [1.807, 2.05) is 12.4 Å². The van der Waals surface area contributed by atoms with Gasteiger partial charge in [-0.15, -0.1) is 11.3 Å². The van der Waals surface area contributed by atoms with Crippen LogP contribution in [0.4, 0.5) is 13.2 Å². The minimum Gasteiger partial charge on any atom is -0.314 e. The Balaban J connectivity index is 2.23. The van der Waals surface area contributed by atoms with E-state index in [0.717, 1.165) is 22.8 Å². The average molecular weight is 272 g/mol. The van der Waals surface area contributed by atoms with E-state index in [1.54, 1.807) is 0 Å². The zero-order valence-corrected chi connectivity index (χ0v) is 10.4. The first kappa shape index (κ1) is 13.0. The van der Waals surface area contributed by atoms with E-state index in [2.05, 4.69) is 10.3 Å². The maximum absolute atomic E-state index is 12.4. The van der Waals surface area contributed by atoms with Crippen molar-refractivity contribution in [2.24, 2.45) is 0 Å². The molecular formula is C12H11F3N2S. The van der Waals surface area contributed by atoms with Crippen molar-refractivity contribution >= 4 is 11.3 Å². The molecule has 1 aromatic heterocycles. The lowest BCUT2D eigenvalue weighted by molar-refractivity contribution is -0.137. The third-order valence-electron chi connectivity index (χ3n) is 2.37.